The second-order valence-corrected chi connectivity index (χ2v) is 10.9. The maximum atomic E-state index is 13.9. The number of rotatable bonds is 10. The van der Waals surface area contributed by atoms with Crippen LogP contribution in [0.4, 0.5) is 5.69 Å². The van der Waals surface area contributed by atoms with Crippen LogP contribution in [0.15, 0.2) is 36.4 Å². The van der Waals surface area contributed by atoms with E-state index in [-0.39, 0.29) is 36.4 Å². The fourth-order valence-electron chi connectivity index (χ4n) is 4.45. The molecule has 3 rings (SSSR count). The van der Waals surface area contributed by atoms with Gasteiger partial charge in [-0.1, -0.05) is 44.5 Å². The van der Waals surface area contributed by atoms with Gasteiger partial charge in [0.2, 0.25) is 0 Å². The van der Waals surface area contributed by atoms with Crippen molar-refractivity contribution in [1.29, 1.82) is 0 Å². The van der Waals surface area contributed by atoms with E-state index in [2.05, 4.69) is 0 Å². The van der Waals surface area contributed by atoms with Gasteiger partial charge in [-0.15, -0.1) is 0 Å². The number of hydrogen-bond donors (Lipinski definition) is 2. The summed E-state index contributed by atoms with van der Waals surface area (Å²) < 4.78 is 17.6. The summed E-state index contributed by atoms with van der Waals surface area (Å²) in [5, 5.41) is 9.52. The Kier molecular flexibility index (Phi) is 9.40. The number of ketones is 1. The second kappa shape index (κ2) is 12.1. The molecule has 1 unspecified atom stereocenters. The molecule has 38 heavy (non-hydrogen) atoms. The zero-order valence-corrected chi connectivity index (χ0v) is 23.1. The summed E-state index contributed by atoms with van der Waals surface area (Å²) in [6.45, 7) is 6.40. The van der Waals surface area contributed by atoms with Crippen LogP contribution in [0.5, 0.6) is 11.5 Å². The van der Waals surface area contributed by atoms with Gasteiger partial charge in [-0.25, -0.2) is 0 Å². The molecule has 10 heteroatoms. The number of carboxylic acid groups (broad SMARTS) is 1. The van der Waals surface area contributed by atoms with E-state index in [0.717, 1.165) is 0 Å². The van der Waals surface area contributed by atoms with Gasteiger partial charge in [-0.2, -0.15) is 0 Å². The quantitative estimate of drug-likeness (QED) is 0.449. The molecule has 1 aliphatic rings. The Labute approximate surface area is 227 Å². The summed E-state index contributed by atoms with van der Waals surface area (Å²) in [7, 11) is 3.04. The highest BCUT2D eigenvalue weighted by Gasteiger charge is 2.40. The molecule has 0 saturated carbocycles. The topological polar surface area (TPSA) is 128 Å². The van der Waals surface area contributed by atoms with Crippen LogP contribution in [0.1, 0.15) is 57.3 Å². The molecule has 2 aromatic carbocycles. The lowest BCUT2D eigenvalue weighted by Gasteiger charge is -2.31. The van der Waals surface area contributed by atoms with Gasteiger partial charge in [-0.05, 0) is 36.1 Å². The van der Waals surface area contributed by atoms with Crippen LogP contribution >= 0.6 is 11.6 Å². The third-order valence-corrected chi connectivity index (χ3v) is 6.45. The summed E-state index contributed by atoms with van der Waals surface area (Å²) in [5.74, 6) is -0.969. The van der Waals surface area contributed by atoms with Crippen molar-refractivity contribution in [2.24, 2.45) is 11.1 Å². The van der Waals surface area contributed by atoms with Crippen molar-refractivity contribution in [1.82, 2.24) is 0 Å². The van der Waals surface area contributed by atoms with Crippen LogP contribution in [0.3, 0.4) is 0 Å². The zero-order chi connectivity index (χ0) is 28.2. The van der Waals surface area contributed by atoms with Crippen LogP contribution < -0.4 is 20.1 Å². The number of halogens is 1. The van der Waals surface area contributed by atoms with Crippen molar-refractivity contribution < 1.29 is 33.7 Å². The van der Waals surface area contributed by atoms with Gasteiger partial charge in [0.05, 0.1) is 14.2 Å². The molecule has 1 amide bonds. The van der Waals surface area contributed by atoms with E-state index < -0.39 is 24.2 Å². The number of Topliss-reactive ketones (excluding diaryl/α,β-unsaturated/α-hetero) is 1. The minimum absolute atomic E-state index is 0.0379. The smallest absolute Gasteiger partial charge is 0.320 e. The van der Waals surface area contributed by atoms with E-state index in [1.165, 1.54) is 14.2 Å². The van der Waals surface area contributed by atoms with Crippen molar-refractivity contribution in [3.63, 3.8) is 0 Å². The molecular formula is C28H35ClN2O7. The van der Waals surface area contributed by atoms with Crippen LogP contribution in [0.2, 0.25) is 5.02 Å². The van der Waals surface area contributed by atoms with Gasteiger partial charge >= 0.3 is 5.97 Å². The number of methoxy groups -OCH3 is 2. The van der Waals surface area contributed by atoms with E-state index in [1.807, 2.05) is 26.8 Å². The minimum atomic E-state index is -1.19. The van der Waals surface area contributed by atoms with Crippen molar-refractivity contribution in [3.8, 4) is 11.5 Å². The Bertz CT molecular complexity index is 1190. The first-order valence-electron chi connectivity index (χ1n) is 12.3. The zero-order valence-electron chi connectivity index (χ0n) is 22.3. The molecule has 206 valence electrons. The largest absolute Gasteiger partial charge is 0.493 e. The average Bonchev–Trinajstić information content (AvgIpc) is 2.96. The maximum absolute atomic E-state index is 13.9. The van der Waals surface area contributed by atoms with Crippen molar-refractivity contribution in [2.75, 3.05) is 25.7 Å². The standard InChI is InChI=1S/C28H35ClN2O7/c1-28(2,3)15-31-21-12-9-16(29)13-19(21)24(18-7-6-8-22(36-4)25(18)37-5)38-23(26(31)33)14-17(32)10-11-20(30)27(34)35/h6-9,12-13,20,23-24H,10-11,14-15,30H2,1-5H3,(H,34,35)/t20?,23-,24-/m1/s1. The second-order valence-electron chi connectivity index (χ2n) is 10.5. The number of carbonyl (C=O) groups is 3. The van der Waals surface area contributed by atoms with Crippen molar-refractivity contribution >= 4 is 34.9 Å². The summed E-state index contributed by atoms with van der Waals surface area (Å²) >= 11 is 6.42. The number of nitrogens with zero attached hydrogens (tertiary/aromatic N) is 1. The fourth-order valence-corrected chi connectivity index (χ4v) is 4.63. The molecule has 1 heterocycles. The van der Waals surface area contributed by atoms with Gasteiger partial charge in [0, 0.05) is 41.2 Å². The van der Waals surface area contributed by atoms with Crippen LogP contribution in [0, 0.1) is 5.41 Å². The number of amides is 1. The van der Waals surface area contributed by atoms with E-state index in [9.17, 15) is 14.4 Å². The number of para-hydroxylation sites is 1. The number of aliphatic carboxylic acids is 1. The molecule has 0 fully saturated rings. The Hall–Kier alpha value is -3.14. The van der Waals surface area contributed by atoms with Gasteiger partial charge in [0.15, 0.2) is 11.5 Å². The molecule has 9 nitrogen and oxygen atoms in total. The molecule has 2 aromatic rings. The first kappa shape index (κ1) is 29.4. The van der Waals surface area contributed by atoms with E-state index in [0.29, 0.717) is 39.9 Å². The number of benzene rings is 2. The molecule has 0 aliphatic carbocycles. The SMILES string of the molecule is COc1cccc([C@H]2O[C@H](CC(=O)CCC(N)C(=O)O)C(=O)N(CC(C)(C)C)c3ccc(Cl)cc32)c1OC. The molecular weight excluding hydrogens is 512 g/mol. The highest BCUT2D eigenvalue weighted by atomic mass is 35.5. The maximum Gasteiger partial charge on any atom is 0.320 e. The summed E-state index contributed by atoms with van der Waals surface area (Å²) in [4.78, 5) is 39.6. The first-order valence-corrected chi connectivity index (χ1v) is 12.7. The Balaban J connectivity index is 2.12. The van der Waals surface area contributed by atoms with E-state index in [4.69, 9.17) is 36.7 Å². The predicted molar refractivity (Wildman–Crippen MR) is 144 cm³/mol. The third-order valence-electron chi connectivity index (χ3n) is 6.22. The molecule has 3 N–H and O–H groups in total. The van der Waals surface area contributed by atoms with E-state index >= 15 is 0 Å². The Morgan fingerprint density at radius 2 is 1.87 bits per heavy atom. The number of anilines is 1. The molecule has 0 saturated heterocycles. The lowest BCUT2D eigenvalue weighted by molar-refractivity contribution is -0.139. The Morgan fingerprint density at radius 1 is 1.16 bits per heavy atom. The average molecular weight is 547 g/mol. The van der Waals surface area contributed by atoms with Crippen LogP contribution in [-0.4, -0.2) is 55.7 Å². The van der Waals surface area contributed by atoms with Gasteiger partial charge in [0.25, 0.3) is 5.91 Å². The third kappa shape index (κ3) is 6.83. The van der Waals surface area contributed by atoms with Gasteiger partial charge < -0.3 is 30.0 Å². The molecule has 0 aromatic heterocycles. The number of carbonyl (C=O) groups excluding carboxylic acids is 2. The summed E-state index contributed by atoms with van der Waals surface area (Å²) in [5.41, 5.74) is 7.16. The monoisotopic (exact) mass is 546 g/mol. The highest BCUT2D eigenvalue weighted by Crippen LogP contribution is 2.45. The first-order chi connectivity index (χ1) is 17.9. The lowest BCUT2D eigenvalue weighted by atomic mass is 9.94. The summed E-state index contributed by atoms with van der Waals surface area (Å²) in [6.07, 6.45) is -2.33. The molecule has 1 aliphatic heterocycles. The van der Waals surface area contributed by atoms with Crippen molar-refractivity contribution in [2.45, 2.75) is 58.3 Å². The number of fused-ring (bicyclic) bond motifs is 1. The minimum Gasteiger partial charge on any atom is -0.493 e. The molecule has 0 spiro atoms. The number of carboxylic acids is 1. The normalized spacial score (nSPS) is 18.4. The highest BCUT2D eigenvalue weighted by molar-refractivity contribution is 6.30. The van der Waals surface area contributed by atoms with Gasteiger partial charge in [0.1, 0.15) is 24.0 Å². The summed E-state index contributed by atoms with van der Waals surface area (Å²) in [6, 6.07) is 9.42. The van der Waals surface area contributed by atoms with Crippen LogP contribution in [0.25, 0.3) is 0 Å². The van der Waals surface area contributed by atoms with Crippen molar-refractivity contribution in [3.05, 3.63) is 52.5 Å². The number of hydrogen-bond acceptors (Lipinski definition) is 7. The van der Waals surface area contributed by atoms with E-state index in [1.54, 1.807) is 35.2 Å². The lowest BCUT2D eigenvalue weighted by Crippen LogP contribution is -2.44. The fraction of sp³-hybridized carbons (Fsp3) is 0.464. The predicted octanol–water partition coefficient (Wildman–Crippen LogP) is 4.38. The number of ether oxygens (including phenoxy) is 3. The Morgan fingerprint density at radius 3 is 2.47 bits per heavy atom. The van der Waals surface area contributed by atoms with Crippen LogP contribution in [-0.2, 0) is 19.1 Å². The molecule has 3 atom stereocenters. The molecule has 0 radical (unpaired) electrons. The van der Waals surface area contributed by atoms with Gasteiger partial charge in [-0.3, -0.25) is 14.4 Å². The number of nitrogens with two attached hydrogens (primary N) is 1. The molecule has 0 bridgehead atoms.